The fraction of sp³-hybridized carbons (Fsp3) is 0.429. The van der Waals surface area contributed by atoms with Crippen molar-refractivity contribution in [1.29, 1.82) is 0 Å². The predicted octanol–water partition coefficient (Wildman–Crippen LogP) is 1.81. The molecule has 0 spiro atoms. The summed E-state index contributed by atoms with van der Waals surface area (Å²) in [5.74, 6) is -0.0743. The van der Waals surface area contributed by atoms with Crippen LogP contribution in [0.5, 0.6) is 0 Å². The summed E-state index contributed by atoms with van der Waals surface area (Å²) in [6.45, 7) is 7.85. The molecular weight excluding hydrogens is 242 g/mol. The second kappa shape index (κ2) is 5.73. The van der Waals surface area contributed by atoms with Crippen molar-refractivity contribution in [2.24, 2.45) is 16.3 Å². The van der Waals surface area contributed by atoms with Crippen LogP contribution in [0.3, 0.4) is 0 Å². The first-order valence-corrected chi connectivity index (χ1v) is 6.11. The standard InChI is InChI=1S/C14H21N3O2/c1-9-5-6-11(7-10(9)2)12(18)16-8-14(3,4)13(15)17-19/h5-7,19H,8H2,1-4H3,(H2,15,17)(H,16,18). The number of nitrogens with two attached hydrogens (primary N) is 1. The average molecular weight is 263 g/mol. The van der Waals surface area contributed by atoms with Crippen molar-refractivity contribution in [3.8, 4) is 0 Å². The lowest BCUT2D eigenvalue weighted by Crippen LogP contribution is -2.42. The second-order valence-corrected chi connectivity index (χ2v) is 5.35. The van der Waals surface area contributed by atoms with E-state index in [2.05, 4.69) is 10.5 Å². The molecule has 4 N–H and O–H groups in total. The monoisotopic (exact) mass is 263 g/mol. The van der Waals surface area contributed by atoms with E-state index in [9.17, 15) is 4.79 Å². The van der Waals surface area contributed by atoms with Gasteiger partial charge in [-0.2, -0.15) is 0 Å². The molecule has 0 aliphatic carbocycles. The Bertz CT molecular complexity index is 507. The van der Waals surface area contributed by atoms with E-state index in [0.29, 0.717) is 12.1 Å². The van der Waals surface area contributed by atoms with Gasteiger partial charge in [0.05, 0.1) is 0 Å². The quantitative estimate of drug-likeness (QED) is 0.335. The summed E-state index contributed by atoms with van der Waals surface area (Å²) in [5, 5.41) is 14.4. The third-order valence-corrected chi connectivity index (χ3v) is 3.26. The van der Waals surface area contributed by atoms with E-state index < -0.39 is 5.41 Å². The lowest BCUT2D eigenvalue weighted by Gasteiger charge is -2.23. The molecule has 5 heteroatoms. The lowest BCUT2D eigenvalue weighted by molar-refractivity contribution is 0.0944. The van der Waals surface area contributed by atoms with Crippen LogP contribution in [0.4, 0.5) is 0 Å². The minimum absolute atomic E-state index is 0.0906. The Morgan fingerprint density at radius 1 is 1.37 bits per heavy atom. The zero-order chi connectivity index (χ0) is 14.6. The van der Waals surface area contributed by atoms with Crippen molar-refractivity contribution in [1.82, 2.24) is 5.32 Å². The van der Waals surface area contributed by atoms with Crippen LogP contribution in [0.2, 0.25) is 0 Å². The van der Waals surface area contributed by atoms with E-state index in [0.717, 1.165) is 11.1 Å². The Balaban J connectivity index is 2.73. The van der Waals surface area contributed by atoms with Gasteiger partial charge in [-0.3, -0.25) is 4.79 Å². The van der Waals surface area contributed by atoms with E-state index in [-0.39, 0.29) is 11.7 Å². The van der Waals surface area contributed by atoms with Crippen LogP contribution >= 0.6 is 0 Å². The van der Waals surface area contributed by atoms with Gasteiger partial charge in [-0.05, 0) is 37.1 Å². The summed E-state index contributed by atoms with van der Waals surface area (Å²) >= 11 is 0. The van der Waals surface area contributed by atoms with Crippen LogP contribution in [0, 0.1) is 19.3 Å². The topological polar surface area (TPSA) is 87.7 Å². The van der Waals surface area contributed by atoms with Crippen LogP contribution in [0.1, 0.15) is 35.3 Å². The molecule has 5 nitrogen and oxygen atoms in total. The zero-order valence-corrected chi connectivity index (χ0v) is 11.8. The van der Waals surface area contributed by atoms with Crippen molar-refractivity contribution < 1.29 is 10.0 Å². The minimum atomic E-state index is -0.593. The number of hydrogen-bond acceptors (Lipinski definition) is 3. The number of carbonyl (C=O) groups is 1. The SMILES string of the molecule is Cc1ccc(C(=O)NCC(C)(C)/C(N)=N/O)cc1C. The number of nitrogens with one attached hydrogen (secondary N) is 1. The van der Waals surface area contributed by atoms with Crippen LogP contribution in [0.15, 0.2) is 23.4 Å². The number of hydrogen-bond donors (Lipinski definition) is 3. The zero-order valence-electron chi connectivity index (χ0n) is 11.8. The van der Waals surface area contributed by atoms with Gasteiger partial charge in [-0.15, -0.1) is 0 Å². The molecule has 0 atom stereocenters. The first-order valence-electron chi connectivity index (χ1n) is 6.11. The van der Waals surface area contributed by atoms with Crippen LogP contribution in [-0.4, -0.2) is 23.5 Å². The van der Waals surface area contributed by atoms with Crippen molar-refractivity contribution >= 4 is 11.7 Å². The van der Waals surface area contributed by atoms with Gasteiger partial charge in [0, 0.05) is 17.5 Å². The molecule has 104 valence electrons. The Kier molecular flexibility index (Phi) is 4.53. The Labute approximate surface area is 113 Å². The smallest absolute Gasteiger partial charge is 0.251 e. The number of oxime groups is 1. The summed E-state index contributed by atoms with van der Waals surface area (Å²) in [6, 6.07) is 5.55. The summed E-state index contributed by atoms with van der Waals surface area (Å²) in [5.41, 5.74) is 7.80. The number of benzene rings is 1. The van der Waals surface area contributed by atoms with Gasteiger partial charge < -0.3 is 16.3 Å². The lowest BCUT2D eigenvalue weighted by atomic mass is 9.92. The maximum Gasteiger partial charge on any atom is 0.251 e. The summed E-state index contributed by atoms with van der Waals surface area (Å²) in [6.07, 6.45) is 0. The van der Waals surface area contributed by atoms with Gasteiger partial charge in [-0.25, -0.2) is 0 Å². The number of nitrogens with zero attached hydrogens (tertiary/aromatic N) is 1. The summed E-state index contributed by atoms with van der Waals surface area (Å²) < 4.78 is 0. The molecular formula is C14H21N3O2. The van der Waals surface area contributed by atoms with Crippen LogP contribution < -0.4 is 11.1 Å². The predicted molar refractivity (Wildman–Crippen MR) is 75.4 cm³/mol. The fourth-order valence-corrected chi connectivity index (χ4v) is 1.51. The van der Waals surface area contributed by atoms with E-state index in [1.54, 1.807) is 19.9 Å². The first-order chi connectivity index (χ1) is 8.77. The van der Waals surface area contributed by atoms with Gasteiger partial charge in [0.15, 0.2) is 0 Å². The maximum absolute atomic E-state index is 12.0. The largest absolute Gasteiger partial charge is 0.409 e. The van der Waals surface area contributed by atoms with Gasteiger partial charge in [0.2, 0.25) is 0 Å². The molecule has 1 rings (SSSR count). The van der Waals surface area contributed by atoms with Crippen molar-refractivity contribution in [2.75, 3.05) is 6.54 Å². The van der Waals surface area contributed by atoms with Crippen molar-refractivity contribution in [3.05, 3.63) is 34.9 Å². The first kappa shape index (κ1) is 15.0. The molecule has 0 aliphatic heterocycles. The summed E-state index contributed by atoms with van der Waals surface area (Å²) in [4.78, 5) is 12.0. The number of rotatable bonds is 4. The van der Waals surface area contributed by atoms with E-state index in [4.69, 9.17) is 10.9 Å². The number of aryl methyl sites for hydroxylation is 2. The number of carbonyl (C=O) groups excluding carboxylic acids is 1. The molecule has 0 unspecified atom stereocenters. The maximum atomic E-state index is 12.0. The average Bonchev–Trinajstić information content (AvgIpc) is 2.38. The molecule has 0 heterocycles. The molecule has 0 saturated heterocycles. The Morgan fingerprint density at radius 2 is 2.00 bits per heavy atom. The fourth-order valence-electron chi connectivity index (χ4n) is 1.51. The molecule has 1 aromatic carbocycles. The number of amidine groups is 1. The molecule has 1 aromatic rings. The van der Waals surface area contributed by atoms with Gasteiger partial charge in [0.1, 0.15) is 5.84 Å². The van der Waals surface area contributed by atoms with E-state index in [1.165, 1.54) is 0 Å². The highest BCUT2D eigenvalue weighted by Crippen LogP contribution is 2.14. The number of amides is 1. The molecule has 0 aromatic heterocycles. The molecule has 0 fully saturated rings. The third-order valence-electron chi connectivity index (χ3n) is 3.26. The Hall–Kier alpha value is -2.04. The molecule has 19 heavy (non-hydrogen) atoms. The molecule has 1 amide bonds. The van der Waals surface area contributed by atoms with Crippen molar-refractivity contribution in [3.63, 3.8) is 0 Å². The highest BCUT2D eigenvalue weighted by atomic mass is 16.4. The van der Waals surface area contributed by atoms with Crippen molar-refractivity contribution in [2.45, 2.75) is 27.7 Å². The van der Waals surface area contributed by atoms with E-state index >= 15 is 0 Å². The van der Waals surface area contributed by atoms with E-state index in [1.807, 2.05) is 26.0 Å². The van der Waals surface area contributed by atoms with Gasteiger partial charge in [0.25, 0.3) is 5.91 Å². The van der Waals surface area contributed by atoms with Gasteiger partial charge in [-0.1, -0.05) is 25.1 Å². The molecule has 0 saturated carbocycles. The highest BCUT2D eigenvalue weighted by molar-refractivity contribution is 5.95. The third kappa shape index (κ3) is 3.71. The van der Waals surface area contributed by atoms with Crippen LogP contribution in [0.25, 0.3) is 0 Å². The normalized spacial score (nSPS) is 12.3. The van der Waals surface area contributed by atoms with Crippen LogP contribution in [-0.2, 0) is 0 Å². The summed E-state index contributed by atoms with van der Waals surface area (Å²) in [7, 11) is 0. The molecule has 0 aliphatic rings. The molecule has 0 radical (unpaired) electrons. The highest BCUT2D eigenvalue weighted by Gasteiger charge is 2.24. The van der Waals surface area contributed by atoms with Gasteiger partial charge >= 0.3 is 0 Å². The Morgan fingerprint density at radius 3 is 2.53 bits per heavy atom. The minimum Gasteiger partial charge on any atom is -0.409 e. The molecule has 0 bridgehead atoms. The second-order valence-electron chi connectivity index (χ2n) is 5.35.